The first-order chi connectivity index (χ1) is 9.63. The SMILES string of the molecule is O=C(NCC1CCC(Br)C1)C12CC3CC(CC(C3)C1)C2. The predicted octanol–water partition coefficient (Wildman–Crippen LogP) is 3.88. The van der Waals surface area contributed by atoms with E-state index in [2.05, 4.69) is 21.2 Å². The van der Waals surface area contributed by atoms with Gasteiger partial charge in [-0.3, -0.25) is 4.79 Å². The Bertz CT molecular complexity index is 373. The van der Waals surface area contributed by atoms with Crippen molar-refractivity contribution >= 4 is 21.8 Å². The van der Waals surface area contributed by atoms with Gasteiger partial charge >= 0.3 is 0 Å². The Labute approximate surface area is 130 Å². The number of rotatable bonds is 3. The van der Waals surface area contributed by atoms with E-state index in [0.29, 0.717) is 16.7 Å². The number of hydrogen-bond donors (Lipinski definition) is 1. The van der Waals surface area contributed by atoms with E-state index < -0.39 is 0 Å². The largest absolute Gasteiger partial charge is 0.355 e. The van der Waals surface area contributed by atoms with Crippen molar-refractivity contribution in [1.29, 1.82) is 0 Å². The van der Waals surface area contributed by atoms with Gasteiger partial charge in [0.25, 0.3) is 0 Å². The molecule has 0 radical (unpaired) electrons. The van der Waals surface area contributed by atoms with Gasteiger partial charge < -0.3 is 5.32 Å². The summed E-state index contributed by atoms with van der Waals surface area (Å²) in [7, 11) is 0. The van der Waals surface area contributed by atoms with Gasteiger partial charge in [-0.1, -0.05) is 15.9 Å². The molecule has 2 nitrogen and oxygen atoms in total. The van der Waals surface area contributed by atoms with Crippen molar-refractivity contribution in [3.63, 3.8) is 0 Å². The van der Waals surface area contributed by atoms with Crippen LogP contribution in [0.15, 0.2) is 0 Å². The van der Waals surface area contributed by atoms with Crippen molar-refractivity contribution in [2.24, 2.45) is 29.1 Å². The fourth-order valence-electron chi connectivity index (χ4n) is 6.01. The molecule has 0 aromatic heterocycles. The molecule has 0 aliphatic heterocycles. The molecule has 1 amide bonds. The van der Waals surface area contributed by atoms with E-state index in [1.54, 1.807) is 0 Å². The molecule has 5 rings (SSSR count). The lowest BCUT2D eigenvalue weighted by Gasteiger charge is -2.55. The number of carbonyl (C=O) groups excluding carboxylic acids is 1. The standard InChI is InChI=1S/C17H26BrNO/c18-15-2-1-11(6-15)10-19-16(20)17-7-12-3-13(8-17)5-14(4-12)9-17/h11-15H,1-10H2,(H,19,20). The van der Waals surface area contributed by atoms with Crippen LogP contribution in [0, 0.1) is 29.1 Å². The van der Waals surface area contributed by atoms with E-state index in [4.69, 9.17) is 0 Å². The van der Waals surface area contributed by atoms with Gasteiger partial charge in [0.2, 0.25) is 5.91 Å². The number of amides is 1. The van der Waals surface area contributed by atoms with Crippen molar-refractivity contribution in [1.82, 2.24) is 5.32 Å². The van der Waals surface area contributed by atoms with E-state index in [1.807, 2.05) is 0 Å². The van der Waals surface area contributed by atoms with Gasteiger partial charge in [-0.05, 0) is 81.5 Å². The molecule has 1 N–H and O–H groups in total. The first-order valence-corrected chi connectivity index (χ1v) is 9.47. The summed E-state index contributed by atoms with van der Waals surface area (Å²) in [5.41, 5.74) is 0.0428. The van der Waals surface area contributed by atoms with Crippen LogP contribution >= 0.6 is 15.9 Å². The summed E-state index contributed by atoms with van der Waals surface area (Å²) >= 11 is 3.70. The van der Waals surface area contributed by atoms with Gasteiger partial charge in [0, 0.05) is 16.8 Å². The Morgan fingerprint density at radius 2 is 1.60 bits per heavy atom. The van der Waals surface area contributed by atoms with Gasteiger partial charge in [0.05, 0.1) is 0 Å². The average Bonchev–Trinajstić information content (AvgIpc) is 2.80. The molecular weight excluding hydrogens is 314 g/mol. The highest BCUT2D eigenvalue weighted by Gasteiger charge is 2.54. The predicted molar refractivity (Wildman–Crippen MR) is 83.7 cm³/mol. The van der Waals surface area contributed by atoms with Gasteiger partial charge in [0.15, 0.2) is 0 Å². The fraction of sp³-hybridized carbons (Fsp3) is 0.941. The normalized spacial score (nSPS) is 49.5. The monoisotopic (exact) mass is 339 g/mol. The van der Waals surface area contributed by atoms with Crippen molar-refractivity contribution in [3.05, 3.63) is 0 Å². The van der Waals surface area contributed by atoms with Crippen LogP contribution in [-0.2, 0) is 4.79 Å². The zero-order valence-electron chi connectivity index (χ0n) is 12.2. The summed E-state index contributed by atoms with van der Waals surface area (Å²) in [5, 5.41) is 3.34. The lowest BCUT2D eigenvalue weighted by Crippen LogP contribution is -2.54. The topological polar surface area (TPSA) is 29.1 Å². The van der Waals surface area contributed by atoms with Crippen molar-refractivity contribution in [2.45, 2.75) is 62.6 Å². The van der Waals surface area contributed by atoms with E-state index in [-0.39, 0.29) is 5.41 Å². The van der Waals surface area contributed by atoms with Crippen LogP contribution in [0.3, 0.4) is 0 Å². The zero-order valence-corrected chi connectivity index (χ0v) is 13.8. The highest BCUT2D eigenvalue weighted by molar-refractivity contribution is 9.09. The maximum absolute atomic E-state index is 12.8. The summed E-state index contributed by atoms with van der Waals surface area (Å²) in [4.78, 5) is 13.5. The Hall–Kier alpha value is -0.0500. The molecule has 5 fully saturated rings. The number of nitrogens with one attached hydrogen (secondary N) is 1. The summed E-state index contributed by atoms with van der Waals surface area (Å²) in [6, 6.07) is 0. The fourth-order valence-corrected chi connectivity index (χ4v) is 6.81. The molecule has 2 atom stereocenters. The second kappa shape index (κ2) is 5.00. The molecule has 5 aliphatic carbocycles. The van der Waals surface area contributed by atoms with Crippen LogP contribution in [0.1, 0.15) is 57.8 Å². The van der Waals surface area contributed by atoms with Crippen LogP contribution in [0.4, 0.5) is 0 Å². The average molecular weight is 340 g/mol. The molecule has 0 heterocycles. The minimum Gasteiger partial charge on any atom is -0.355 e. The Kier molecular flexibility index (Phi) is 3.40. The van der Waals surface area contributed by atoms with Crippen molar-refractivity contribution in [2.75, 3.05) is 6.54 Å². The molecule has 0 aromatic carbocycles. The molecule has 20 heavy (non-hydrogen) atoms. The second-order valence-corrected chi connectivity index (χ2v) is 9.48. The Morgan fingerprint density at radius 3 is 2.10 bits per heavy atom. The van der Waals surface area contributed by atoms with Crippen molar-refractivity contribution < 1.29 is 4.79 Å². The molecule has 3 heteroatoms. The lowest BCUT2D eigenvalue weighted by atomic mass is 9.49. The van der Waals surface area contributed by atoms with E-state index in [9.17, 15) is 4.79 Å². The third-order valence-corrected chi connectivity index (χ3v) is 7.38. The molecule has 2 unspecified atom stereocenters. The minimum atomic E-state index is 0.0428. The zero-order chi connectivity index (χ0) is 13.7. The molecule has 5 saturated carbocycles. The highest BCUT2D eigenvalue weighted by atomic mass is 79.9. The van der Waals surface area contributed by atoms with Crippen LogP contribution < -0.4 is 5.32 Å². The smallest absolute Gasteiger partial charge is 0.226 e. The van der Waals surface area contributed by atoms with Gasteiger partial charge in [-0.2, -0.15) is 0 Å². The first kappa shape index (κ1) is 13.6. The van der Waals surface area contributed by atoms with Crippen molar-refractivity contribution in [3.8, 4) is 0 Å². The summed E-state index contributed by atoms with van der Waals surface area (Å²) in [6.07, 6.45) is 11.6. The van der Waals surface area contributed by atoms with Gasteiger partial charge in [0.1, 0.15) is 0 Å². The van der Waals surface area contributed by atoms with E-state index >= 15 is 0 Å². The molecule has 4 bridgehead atoms. The minimum absolute atomic E-state index is 0.0428. The molecule has 5 aliphatic rings. The second-order valence-electron chi connectivity index (χ2n) is 8.18. The molecule has 0 saturated heterocycles. The maximum Gasteiger partial charge on any atom is 0.226 e. The summed E-state index contributed by atoms with van der Waals surface area (Å²) < 4.78 is 0. The molecular formula is C17H26BrNO. The highest BCUT2D eigenvalue weighted by Crippen LogP contribution is 2.60. The lowest BCUT2D eigenvalue weighted by molar-refractivity contribution is -0.146. The van der Waals surface area contributed by atoms with E-state index in [0.717, 1.165) is 24.3 Å². The third-order valence-electron chi connectivity index (χ3n) is 6.55. The van der Waals surface area contributed by atoms with Gasteiger partial charge in [-0.15, -0.1) is 0 Å². The maximum atomic E-state index is 12.8. The summed E-state index contributed by atoms with van der Waals surface area (Å²) in [6.45, 7) is 0.919. The third kappa shape index (κ3) is 2.34. The van der Waals surface area contributed by atoms with Crippen LogP contribution in [0.2, 0.25) is 0 Å². The van der Waals surface area contributed by atoms with Gasteiger partial charge in [-0.25, -0.2) is 0 Å². The number of alkyl halides is 1. The van der Waals surface area contributed by atoms with Crippen LogP contribution in [-0.4, -0.2) is 17.3 Å². The first-order valence-electron chi connectivity index (χ1n) is 8.55. The number of hydrogen-bond acceptors (Lipinski definition) is 1. The quantitative estimate of drug-likeness (QED) is 0.776. The summed E-state index contributed by atoms with van der Waals surface area (Å²) in [5.74, 6) is 3.72. The van der Waals surface area contributed by atoms with Crippen LogP contribution in [0.5, 0.6) is 0 Å². The Balaban J connectivity index is 1.38. The van der Waals surface area contributed by atoms with E-state index in [1.165, 1.54) is 57.8 Å². The van der Waals surface area contributed by atoms with Crippen LogP contribution in [0.25, 0.3) is 0 Å². The molecule has 0 spiro atoms. The molecule has 0 aromatic rings. The Morgan fingerprint density at radius 1 is 1.00 bits per heavy atom. The number of halogens is 1. The number of carbonyl (C=O) groups is 1. The molecule has 112 valence electrons.